The number of hydrogen-bond donors (Lipinski definition) is 1. The van der Waals surface area contributed by atoms with E-state index in [0.29, 0.717) is 22.9 Å². The Balaban J connectivity index is 1.63. The second-order valence-corrected chi connectivity index (χ2v) is 10.6. The molecule has 4 rings (SSSR count). The second-order valence-electron chi connectivity index (χ2n) is 10.2. The molecule has 0 radical (unpaired) electrons. The Hall–Kier alpha value is -2.57. The fourth-order valence-corrected chi connectivity index (χ4v) is 5.18. The fourth-order valence-electron chi connectivity index (χ4n) is 5.00. The van der Waals surface area contributed by atoms with E-state index in [4.69, 9.17) is 25.8 Å². The van der Waals surface area contributed by atoms with Gasteiger partial charge in [-0.15, -0.1) is 0 Å². The van der Waals surface area contributed by atoms with E-state index in [0.717, 1.165) is 23.1 Å². The van der Waals surface area contributed by atoms with E-state index >= 15 is 0 Å². The van der Waals surface area contributed by atoms with Crippen molar-refractivity contribution < 1.29 is 23.8 Å². The lowest BCUT2D eigenvalue weighted by atomic mass is 9.78. The Morgan fingerprint density at radius 2 is 1.89 bits per heavy atom. The minimum atomic E-state index is -0.907. The quantitative estimate of drug-likeness (QED) is 0.503. The van der Waals surface area contributed by atoms with Crippen LogP contribution in [0.4, 0.5) is 5.69 Å². The smallest absolute Gasteiger partial charge is 0.303 e. The third-order valence-electron chi connectivity index (χ3n) is 7.26. The summed E-state index contributed by atoms with van der Waals surface area (Å²) in [7, 11) is 0. The summed E-state index contributed by atoms with van der Waals surface area (Å²) in [6, 6.07) is 11.6. The summed E-state index contributed by atoms with van der Waals surface area (Å²) in [6.45, 7) is 11.3. The van der Waals surface area contributed by atoms with Crippen molar-refractivity contribution in [2.75, 3.05) is 5.32 Å². The van der Waals surface area contributed by atoms with Crippen molar-refractivity contribution >= 4 is 29.2 Å². The zero-order chi connectivity index (χ0) is 25.5. The molecular weight excluding hydrogens is 466 g/mol. The van der Waals surface area contributed by atoms with Gasteiger partial charge in [0.25, 0.3) is 5.91 Å². The zero-order valence-corrected chi connectivity index (χ0v) is 21.9. The molecule has 1 N–H and O–H groups in total. The summed E-state index contributed by atoms with van der Waals surface area (Å²) in [5.41, 5.74) is 2.59. The molecule has 1 saturated heterocycles. The van der Waals surface area contributed by atoms with Crippen molar-refractivity contribution in [1.82, 2.24) is 0 Å². The first-order chi connectivity index (χ1) is 16.5. The topological polar surface area (TPSA) is 73.9 Å². The molecule has 5 atom stereocenters. The van der Waals surface area contributed by atoms with Gasteiger partial charge in [-0.2, -0.15) is 0 Å². The summed E-state index contributed by atoms with van der Waals surface area (Å²) in [5.74, 6) is 0.572. The van der Waals surface area contributed by atoms with Crippen LogP contribution in [0.1, 0.15) is 70.8 Å². The zero-order valence-electron chi connectivity index (χ0n) is 21.2. The van der Waals surface area contributed by atoms with Crippen LogP contribution in [0, 0.1) is 11.8 Å². The van der Waals surface area contributed by atoms with E-state index in [-0.39, 0.29) is 42.0 Å². The lowest BCUT2D eigenvalue weighted by molar-refractivity contribution is -0.196. The van der Waals surface area contributed by atoms with Crippen molar-refractivity contribution in [3.05, 3.63) is 58.1 Å². The summed E-state index contributed by atoms with van der Waals surface area (Å²) < 4.78 is 18.1. The maximum atomic E-state index is 12.3. The van der Waals surface area contributed by atoms with Gasteiger partial charge in [-0.05, 0) is 67.5 Å². The number of rotatable bonds is 5. The van der Waals surface area contributed by atoms with Crippen LogP contribution in [0.15, 0.2) is 36.4 Å². The van der Waals surface area contributed by atoms with Gasteiger partial charge in [0.15, 0.2) is 5.60 Å². The first-order valence-electron chi connectivity index (χ1n) is 12.2. The van der Waals surface area contributed by atoms with Crippen LogP contribution in [-0.4, -0.2) is 29.7 Å². The second kappa shape index (κ2) is 9.82. The molecule has 0 aromatic heterocycles. The number of ether oxygens (including phenoxy) is 3. The molecule has 6 nitrogen and oxygen atoms in total. The Labute approximate surface area is 212 Å². The van der Waals surface area contributed by atoms with E-state index in [1.165, 1.54) is 6.92 Å². The summed E-state index contributed by atoms with van der Waals surface area (Å²) >= 11 is 6.60. The van der Waals surface area contributed by atoms with E-state index in [1.54, 1.807) is 13.8 Å². The Morgan fingerprint density at radius 1 is 1.14 bits per heavy atom. The van der Waals surface area contributed by atoms with E-state index in [1.807, 2.05) is 36.4 Å². The highest BCUT2D eigenvalue weighted by molar-refractivity contribution is 6.31. The SMILES string of the molecule is CC[C@H]1O[C@@H](c2ccc(Cl)c(Cc3ccc4c(c3)NC(=O)C(C)(C)O4)c2)[C@H](OC(C)=O)[C@@H](C)[C@@H]1C. The Morgan fingerprint density at radius 3 is 2.57 bits per heavy atom. The first kappa shape index (κ1) is 25.5. The molecule has 1 amide bonds. The molecule has 0 spiro atoms. The van der Waals surface area contributed by atoms with Crippen molar-refractivity contribution in [3.8, 4) is 5.75 Å². The van der Waals surface area contributed by atoms with Crippen LogP contribution in [0.25, 0.3) is 0 Å². The highest BCUT2D eigenvalue weighted by Gasteiger charge is 2.43. The van der Waals surface area contributed by atoms with Crippen molar-refractivity contribution in [2.45, 2.75) is 78.3 Å². The van der Waals surface area contributed by atoms with Gasteiger partial charge in [-0.1, -0.05) is 50.6 Å². The highest BCUT2D eigenvalue weighted by atomic mass is 35.5. The van der Waals surface area contributed by atoms with Gasteiger partial charge in [0.2, 0.25) is 0 Å². The molecule has 2 aromatic carbocycles. The Kier molecular flexibility index (Phi) is 7.16. The van der Waals surface area contributed by atoms with E-state index in [9.17, 15) is 9.59 Å². The van der Waals surface area contributed by atoms with Gasteiger partial charge in [0, 0.05) is 17.9 Å². The predicted octanol–water partition coefficient (Wildman–Crippen LogP) is 6.09. The molecular formula is C28H34ClNO5. The molecule has 2 aliphatic heterocycles. The van der Waals surface area contributed by atoms with E-state index < -0.39 is 5.60 Å². The molecule has 7 heteroatoms. The minimum Gasteiger partial charge on any atom is -0.476 e. The lowest BCUT2D eigenvalue weighted by Gasteiger charge is -2.44. The molecule has 1 fully saturated rings. The number of esters is 1. The summed E-state index contributed by atoms with van der Waals surface area (Å²) in [4.78, 5) is 24.2. The average molecular weight is 500 g/mol. The normalized spacial score (nSPS) is 27.4. The standard InChI is InChI=1S/C28H34ClNO5/c1-7-23-15(2)16(3)25(33-17(4)31)26(34-23)19-9-10-21(29)20(14-19)12-18-8-11-24-22(13-18)30-27(32)28(5,6)35-24/h8-11,13-16,23,25-26H,7,12H2,1-6H3,(H,30,32)/t15-,16-,23+,25+,26-/m0/s1. The third-order valence-corrected chi connectivity index (χ3v) is 7.62. The first-order valence-corrected chi connectivity index (χ1v) is 12.6. The van der Waals surface area contributed by atoms with Gasteiger partial charge in [0.1, 0.15) is 18.0 Å². The number of hydrogen-bond acceptors (Lipinski definition) is 5. The van der Waals surface area contributed by atoms with Gasteiger partial charge in [-0.3, -0.25) is 9.59 Å². The molecule has 0 unspecified atom stereocenters. The van der Waals surface area contributed by atoms with Crippen LogP contribution in [0.3, 0.4) is 0 Å². The van der Waals surface area contributed by atoms with Crippen LogP contribution >= 0.6 is 11.6 Å². The van der Waals surface area contributed by atoms with Crippen LogP contribution in [-0.2, 0) is 25.5 Å². The lowest BCUT2D eigenvalue weighted by Crippen LogP contribution is -2.46. The number of carbonyl (C=O) groups excluding carboxylic acids is 2. The van der Waals surface area contributed by atoms with Gasteiger partial charge in [0.05, 0.1) is 11.8 Å². The van der Waals surface area contributed by atoms with E-state index in [2.05, 4.69) is 26.1 Å². The number of anilines is 1. The molecule has 2 heterocycles. The largest absolute Gasteiger partial charge is 0.476 e. The fraction of sp³-hybridized carbons (Fsp3) is 0.500. The number of benzene rings is 2. The predicted molar refractivity (Wildman–Crippen MR) is 136 cm³/mol. The van der Waals surface area contributed by atoms with Gasteiger partial charge in [-0.25, -0.2) is 0 Å². The van der Waals surface area contributed by atoms with Crippen LogP contribution < -0.4 is 10.1 Å². The number of halogens is 1. The van der Waals surface area contributed by atoms with Crippen LogP contribution in [0.5, 0.6) is 5.75 Å². The van der Waals surface area contributed by atoms with Crippen molar-refractivity contribution in [2.24, 2.45) is 11.8 Å². The minimum absolute atomic E-state index is 0.0782. The van der Waals surface area contributed by atoms with Crippen LogP contribution in [0.2, 0.25) is 5.02 Å². The maximum Gasteiger partial charge on any atom is 0.303 e. The molecule has 188 valence electrons. The number of amides is 1. The summed E-state index contributed by atoms with van der Waals surface area (Å²) in [6.07, 6.45) is 0.778. The molecule has 0 aliphatic carbocycles. The molecule has 2 aromatic rings. The highest BCUT2D eigenvalue weighted by Crippen LogP contribution is 2.42. The molecule has 35 heavy (non-hydrogen) atoms. The number of nitrogens with one attached hydrogen (secondary N) is 1. The molecule has 0 bridgehead atoms. The van der Waals surface area contributed by atoms with Crippen molar-refractivity contribution in [1.29, 1.82) is 0 Å². The number of fused-ring (bicyclic) bond motifs is 1. The average Bonchev–Trinajstić information content (AvgIpc) is 2.79. The third kappa shape index (κ3) is 5.19. The van der Waals surface area contributed by atoms with Gasteiger partial charge >= 0.3 is 5.97 Å². The summed E-state index contributed by atoms with van der Waals surface area (Å²) in [5, 5.41) is 3.57. The Bertz CT molecular complexity index is 1130. The monoisotopic (exact) mass is 499 g/mol. The molecule has 2 aliphatic rings. The number of carbonyl (C=O) groups is 2. The van der Waals surface area contributed by atoms with Crippen molar-refractivity contribution in [3.63, 3.8) is 0 Å². The van der Waals surface area contributed by atoms with Gasteiger partial charge < -0.3 is 19.5 Å². The molecule has 0 saturated carbocycles. The maximum absolute atomic E-state index is 12.3.